The Hall–Kier alpha value is -0.610. The molecule has 0 bridgehead atoms. The maximum atomic E-state index is 12.7. The van der Waals surface area contributed by atoms with Crippen LogP contribution < -0.4 is 5.32 Å². The maximum absolute atomic E-state index is 12.7. The van der Waals surface area contributed by atoms with Gasteiger partial charge in [-0.25, -0.2) is 0 Å². The lowest BCUT2D eigenvalue weighted by Gasteiger charge is -2.32. The highest BCUT2D eigenvalue weighted by atomic mass is 16.5. The number of piperidine rings is 1. The summed E-state index contributed by atoms with van der Waals surface area (Å²) in [6.45, 7) is 4.88. The van der Waals surface area contributed by atoms with Crippen molar-refractivity contribution in [3.8, 4) is 0 Å². The summed E-state index contributed by atoms with van der Waals surface area (Å²) in [4.78, 5) is 14.8. The summed E-state index contributed by atoms with van der Waals surface area (Å²) in [5.74, 6) is 0.632. The van der Waals surface area contributed by atoms with Crippen molar-refractivity contribution in [1.29, 1.82) is 0 Å². The zero-order chi connectivity index (χ0) is 13.2. The number of amides is 1. The van der Waals surface area contributed by atoms with Crippen LogP contribution in [0.15, 0.2) is 0 Å². The summed E-state index contributed by atoms with van der Waals surface area (Å²) in [6, 6.07) is 0.989. The Bertz CT molecular complexity index is 324. The highest BCUT2D eigenvalue weighted by molar-refractivity contribution is 5.82. The molecule has 2 saturated heterocycles. The second-order valence-electron chi connectivity index (χ2n) is 6.43. The van der Waals surface area contributed by atoms with Gasteiger partial charge in [0.05, 0.1) is 0 Å². The molecular weight excluding hydrogens is 240 g/mol. The Morgan fingerprint density at radius 1 is 1.26 bits per heavy atom. The van der Waals surface area contributed by atoms with Crippen LogP contribution in [-0.2, 0) is 9.53 Å². The molecule has 2 heterocycles. The molecule has 0 spiro atoms. The minimum absolute atomic E-state index is 0.177. The van der Waals surface area contributed by atoms with Crippen molar-refractivity contribution >= 4 is 5.91 Å². The molecule has 1 N–H and O–H groups in total. The monoisotopic (exact) mass is 266 g/mol. The average Bonchev–Trinajstić information content (AvgIpc) is 3.18. The summed E-state index contributed by atoms with van der Waals surface area (Å²) < 4.78 is 5.66. The highest BCUT2D eigenvalue weighted by Crippen LogP contribution is 2.31. The largest absolute Gasteiger partial charge is 0.368 e. The fourth-order valence-electron chi connectivity index (χ4n) is 3.30. The number of nitrogens with one attached hydrogen (secondary N) is 1. The van der Waals surface area contributed by atoms with E-state index >= 15 is 0 Å². The van der Waals surface area contributed by atoms with Crippen LogP contribution in [0.5, 0.6) is 0 Å². The summed E-state index contributed by atoms with van der Waals surface area (Å²) in [5, 5.41) is 3.55. The van der Waals surface area contributed by atoms with E-state index in [1.54, 1.807) is 0 Å². The van der Waals surface area contributed by atoms with E-state index in [4.69, 9.17) is 4.74 Å². The molecule has 108 valence electrons. The fourth-order valence-corrected chi connectivity index (χ4v) is 3.30. The van der Waals surface area contributed by atoms with Gasteiger partial charge in [-0.2, -0.15) is 0 Å². The lowest BCUT2D eigenvalue weighted by molar-refractivity contribution is -0.143. The Kier molecular flexibility index (Phi) is 4.08. The number of carbonyl (C=O) groups excluding carboxylic acids is 1. The molecule has 0 aromatic carbocycles. The van der Waals surface area contributed by atoms with E-state index in [0.29, 0.717) is 18.0 Å². The minimum Gasteiger partial charge on any atom is -0.368 e. The summed E-state index contributed by atoms with van der Waals surface area (Å²) in [7, 11) is 0. The molecule has 1 aliphatic carbocycles. The molecule has 0 radical (unpaired) electrons. The highest BCUT2D eigenvalue weighted by Gasteiger charge is 2.40. The molecule has 3 fully saturated rings. The third-order valence-corrected chi connectivity index (χ3v) is 4.73. The zero-order valence-corrected chi connectivity index (χ0v) is 11.9. The Morgan fingerprint density at radius 3 is 2.68 bits per heavy atom. The second kappa shape index (κ2) is 5.80. The van der Waals surface area contributed by atoms with Crippen LogP contribution in [0.25, 0.3) is 0 Å². The van der Waals surface area contributed by atoms with Gasteiger partial charge < -0.3 is 15.0 Å². The molecule has 2 aliphatic heterocycles. The summed E-state index contributed by atoms with van der Waals surface area (Å²) >= 11 is 0. The van der Waals surface area contributed by atoms with Gasteiger partial charge in [-0.15, -0.1) is 0 Å². The first-order chi connectivity index (χ1) is 9.25. The van der Waals surface area contributed by atoms with E-state index in [2.05, 4.69) is 17.1 Å². The third kappa shape index (κ3) is 3.11. The van der Waals surface area contributed by atoms with Crippen LogP contribution in [0.1, 0.15) is 45.4 Å². The normalized spacial score (nSPS) is 35.3. The molecule has 4 heteroatoms. The van der Waals surface area contributed by atoms with Crippen LogP contribution in [0.4, 0.5) is 0 Å². The molecular formula is C15H26N2O2. The number of rotatable bonds is 4. The van der Waals surface area contributed by atoms with E-state index < -0.39 is 0 Å². The smallest absolute Gasteiger partial charge is 0.252 e. The van der Waals surface area contributed by atoms with Crippen molar-refractivity contribution in [3.63, 3.8) is 0 Å². The van der Waals surface area contributed by atoms with Gasteiger partial charge in [0, 0.05) is 25.2 Å². The molecule has 0 aromatic heterocycles. The SMILES string of the molecule is CC1CCOC1C(=O)N(CC1CCCCN1)C1CC1. The minimum atomic E-state index is -0.177. The molecule has 19 heavy (non-hydrogen) atoms. The van der Waals surface area contributed by atoms with Crippen molar-refractivity contribution in [2.45, 2.75) is 63.6 Å². The van der Waals surface area contributed by atoms with Crippen LogP contribution in [0.2, 0.25) is 0 Å². The van der Waals surface area contributed by atoms with Crippen LogP contribution in [0, 0.1) is 5.92 Å². The van der Waals surface area contributed by atoms with Gasteiger partial charge in [-0.05, 0) is 44.6 Å². The molecule has 1 saturated carbocycles. The van der Waals surface area contributed by atoms with Crippen LogP contribution in [0.3, 0.4) is 0 Å². The Balaban J connectivity index is 1.61. The molecule has 0 aromatic rings. The van der Waals surface area contributed by atoms with Gasteiger partial charge in [0.2, 0.25) is 0 Å². The first-order valence-corrected chi connectivity index (χ1v) is 7.91. The van der Waals surface area contributed by atoms with Crippen molar-refractivity contribution in [2.75, 3.05) is 19.7 Å². The van der Waals surface area contributed by atoms with E-state index in [-0.39, 0.29) is 12.0 Å². The average molecular weight is 266 g/mol. The molecule has 3 aliphatic rings. The Morgan fingerprint density at radius 2 is 2.11 bits per heavy atom. The van der Waals surface area contributed by atoms with Crippen molar-refractivity contribution in [1.82, 2.24) is 10.2 Å². The van der Waals surface area contributed by atoms with Gasteiger partial charge in [-0.3, -0.25) is 4.79 Å². The molecule has 1 amide bonds. The first-order valence-electron chi connectivity index (χ1n) is 7.91. The van der Waals surface area contributed by atoms with E-state index in [0.717, 1.165) is 26.1 Å². The lowest BCUT2D eigenvalue weighted by atomic mass is 10.0. The summed E-state index contributed by atoms with van der Waals surface area (Å²) in [5.41, 5.74) is 0. The number of ether oxygens (including phenoxy) is 1. The fraction of sp³-hybridized carbons (Fsp3) is 0.933. The summed E-state index contributed by atoms with van der Waals surface area (Å²) in [6.07, 6.45) is 6.98. The van der Waals surface area contributed by atoms with E-state index in [9.17, 15) is 4.79 Å². The lowest BCUT2D eigenvalue weighted by Crippen LogP contribution is -2.50. The molecule has 4 nitrogen and oxygen atoms in total. The first kappa shape index (κ1) is 13.4. The predicted molar refractivity (Wildman–Crippen MR) is 73.9 cm³/mol. The predicted octanol–water partition coefficient (Wildman–Crippen LogP) is 1.54. The van der Waals surface area contributed by atoms with E-state index in [1.807, 2.05) is 0 Å². The standard InChI is InChI=1S/C15H26N2O2/c1-11-7-9-19-14(11)15(18)17(13-5-6-13)10-12-4-2-3-8-16-12/h11-14,16H,2-10H2,1H3. The van der Waals surface area contributed by atoms with E-state index in [1.165, 1.54) is 32.1 Å². The van der Waals surface area contributed by atoms with Crippen LogP contribution >= 0.6 is 0 Å². The van der Waals surface area contributed by atoms with Crippen molar-refractivity contribution < 1.29 is 9.53 Å². The molecule has 3 atom stereocenters. The van der Waals surface area contributed by atoms with Crippen molar-refractivity contribution in [2.24, 2.45) is 5.92 Å². The van der Waals surface area contributed by atoms with Gasteiger partial charge in [0.25, 0.3) is 5.91 Å². The number of nitrogens with zero attached hydrogens (tertiary/aromatic N) is 1. The number of hydrogen-bond acceptors (Lipinski definition) is 3. The number of carbonyl (C=O) groups is 1. The maximum Gasteiger partial charge on any atom is 0.252 e. The topological polar surface area (TPSA) is 41.6 Å². The van der Waals surface area contributed by atoms with Crippen molar-refractivity contribution in [3.05, 3.63) is 0 Å². The second-order valence-corrected chi connectivity index (χ2v) is 6.43. The molecule has 3 rings (SSSR count). The van der Waals surface area contributed by atoms with Gasteiger partial charge in [0.1, 0.15) is 6.10 Å². The van der Waals surface area contributed by atoms with Gasteiger partial charge in [-0.1, -0.05) is 13.3 Å². The van der Waals surface area contributed by atoms with Gasteiger partial charge in [0.15, 0.2) is 0 Å². The third-order valence-electron chi connectivity index (χ3n) is 4.73. The van der Waals surface area contributed by atoms with Crippen LogP contribution in [-0.4, -0.2) is 48.7 Å². The van der Waals surface area contributed by atoms with Gasteiger partial charge >= 0.3 is 0 Å². The zero-order valence-electron chi connectivity index (χ0n) is 11.9. The quantitative estimate of drug-likeness (QED) is 0.839. The Labute approximate surface area is 115 Å². The number of hydrogen-bond donors (Lipinski definition) is 1. The molecule has 3 unspecified atom stereocenters.